The van der Waals surface area contributed by atoms with Crippen LogP contribution in [0.4, 0.5) is 5.69 Å². The molecule has 1 aliphatic heterocycles. The molecule has 2 heterocycles. The van der Waals surface area contributed by atoms with Crippen LogP contribution in [0.3, 0.4) is 0 Å². The summed E-state index contributed by atoms with van der Waals surface area (Å²) in [6, 6.07) is 10.4. The second kappa shape index (κ2) is 8.90. The topological polar surface area (TPSA) is 88.8 Å². The molecule has 0 saturated carbocycles. The van der Waals surface area contributed by atoms with E-state index in [1.165, 1.54) is 30.7 Å². The minimum absolute atomic E-state index is 0.181. The molecule has 28 heavy (non-hydrogen) atoms. The van der Waals surface area contributed by atoms with E-state index in [1.807, 2.05) is 6.07 Å². The molecule has 0 bridgehead atoms. The number of benzene rings is 1. The molecule has 0 atom stereocenters. The molecular formula is C20H20N2O5S. The van der Waals surface area contributed by atoms with E-state index < -0.39 is 0 Å². The van der Waals surface area contributed by atoms with E-state index in [4.69, 9.17) is 9.15 Å². The van der Waals surface area contributed by atoms with E-state index in [9.17, 15) is 14.4 Å². The fourth-order valence-electron chi connectivity index (χ4n) is 2.79. The van der Waals surface area contributed by atoms with Crippen LogP contribution in [0.15, 0.2) is 52.0 Å². The van der Waals surface area contributed by atoms with E-state index in [2.05, 4.69) is 5.32 Å². The van der Waals surface area contributed by atoms with E-state index in [0.717, 1.165) is 0 Å². The van der Waals surface area contributed by atoms with E-state index in [0.29, 0.717) is 33.2 Å². The molecule has 1 aromatic carbocycles. The molecule has 1 N–H and O–H groups in total. The maximum Gasteiger partial charge on any atom is 0.268 e. The van der Waals surface area contributed by atoms with Crippen molar-refractivity contribution in [3.05, 3.63) is 58.9 Å². The second-order valence-electron chi connectivity index (χ2n) is 6.09. The number of amides is 3. The zero-order valence-electron chi connectivity index (χ0n) is 15.6. The Hall–Kier alpha value is -2.84. The van der Waals surface area contributed by atoms with E-state index >= 15 is 0 Å². The molecular weight excluding hydrogens is 380 g/mol. The molecule has 0 aliphatic carbocycles. The van der Waals surface area contributed by atoms with Gasteiger partial charge in [0.15, 0.2) is 0 Å². The van der Waals surface area contributed by atoms with Gasteiger partial charge in [-0.2, -0.15) is 0 Å². The van der Waals surface area contributed by atoms with Gasteiger partial charge in [0.05, 0.1) is 35.6 Å². The first-order valence-electron chi connectivity index (χ1n) is 8.64. The molecule has 0 spiro atoms. The Labute approximate surface area is 166 Å². The van der Waals surface area contributed by atoms with Crippen molar-refractivity contribution >= 4 is 40.7 Å². The van der Waals surface area contributed by atoms with Crippen LogP contribution < -0.4 is 5.32 Å². The van der Waals surface area contributed by atoms with Crippen LogP contribution >= 0.6 is 11.8 Å². The van der Waals surface area contributed by atoms with Crippen LogP contribution in [0.25, 0.3) is 5.57 Å². The third-order valence-corrected chi connectivity index (χ3v) is 5.17. The quantitative estimate of drug-likeness (QED) is 0.686. The van der Waals surface area contributed by atoms with Crippen molar-refractivity contribution in [1.29, 1.82) is 0 Å². The number of carbonyl (C=O) groups is 3. The Morgan fingerprint density at radius 1 is 1.18 bits per heavy atom. The molecule has 3 amide bonds. The van der Waals surface area contributed by atoms with Crippen LogP contribution in [0.1, 0.15) is 18.2 Å². The van der Waals surface area contributed by atoms with Crippen molar-refractivity contribution in [2.45, 2.75) is 12.7 Å². The molecule has 0 unspecified atom stereocenters. The third kappa shape index (κ3) is 4.35. The number of rotatable bonds is 8. The number of anilines is 1. The van der Waals surface area contributed by atoms with Crippen LogP contribution in [0.2, 0.25) is 0 Å². The molecule has 7 nitrogen and oxygen atoms in total. The number of thioether (sulfide) groups is 1. The zero-order valence-corrected chi connectivity index (χ0v) is 16.4. The predicted octanol–water partition coefficient (Wildman–Crippen LogP) is 2.90. The van der Waals surface area contributed by atoms with Crippen LogP contribution in [-0.4, -0.2) is 42.9 Å². The fourth-order valence-corrected chi connectivity index (χ4v) is 3.82. The van der Waals surface area contributed by atoms with Crippen molar-refractivity contribution < 1.29 is 23.5 Å². The maximum atomic E-state index is 12.9. The van der Waals surface area contributed by atoms with Crippen molar-refractivity contribution in [1.82, 2.24) is 4.90 Å². The van der Waals surface area contributed by atoms with Crippen molar-refractivity contribution in [3.63, 3.8) is 0 Å². The smallest absolute Gasteiger partial charge is 0.268 e. The zero-order chi connectivity index (χ0) is 20.1. The first-order chi connectivity index (χ1) is 13.5. The predicted molar refractivity (Wildman–Crippen MR) is 106 cm³/mol. The summed E-state index contributed by atoms with van der Waals surface area (Å²) in [7, 11) is 1.52. The molecule has 0 radical (unpaired) electrons. The summed E-state index contributed by atoms with van der Waals surface area (Å²) in [5, 5.41) is 2.68. The van der Waals surface area contributed by atoms with Gasteiger partial charge in [0, 0.05) is 19.7 Å². The number of methoxy groups -OCH3 is 1. The summed E-state index contributed by atoms with van der Waals surface area (Å²) in [5.41, 5.74) is 1.59. The standard InChI is InChI=1S/C20H20N2O5S/c1-13(23)21-15-7-5-14(6-8-15)17-18(28-12-16-4-3-10-27-16)20(25)22(19(17)24)9-11-26-2/h3-8,10H,9,11-12H2,1-2H3,(H,21,23). The SMILES string of the molecule is COCCN1C(=O)C(SCc2ccco2)=C(c2ccc(NC(C)=O)cc2)C1=O. The van der Waals surface area contributed by atoms with Crippen LogP contribution in [-0.2, 0) is 24.9 Å². The number of ether oxygens (including phenoxy) is 1. The number of carbonyl (C=O) groups excluding carboxylic acids is 3. The third-order valence-electron chi connectivity index (χ3n) is 4.08. The first kappa shape index (κ1) is 19.9. The highest BCUT2D eigenvalue weighted by molar-refractivity contribution is 8.03. The summed E-state index contributed by atoms with van der Waals surface area (Å²) in [4.78, 5) is 38.6. The van der Waals surface area contributed by atoms with Crippen molar-refractivity contribution in [2.24, 2.45) is 0 Å². The Kier molecular flexibility index (Phi) is 6.33. The average Bonchev–Trinajstić information content (AvgIpc) is 3.26. The molecule has 8 heteroatoms. The molecule has 0 saturated heterocycles. The number of nitrogens with zero attached hydrogens (tertiary/aromatic N) is 1. The van der Waals surface area contributed by atoms with Gasteiger partial charge in [-0.15, -0.1) is 11.8 Å². The fraction of sp³-hybridized carbons (Fsp3) is 0.250. The lowest BCUT2D eigenvalue weighted by Gasteiger charge is -2.14. The minimum atomic E-state index is -0.351. The largest absolute Gasteiger partial charge is 0.468 e. The highest BCUT2D eigenvalue weighted by Gasteiger charge is 2.38. The van der Waals surface area contributed by atoms with Gasteiger partial charge in [-0.3, -0.25) is 19.3 Å². The summed E-state index contributed by atoms with van der Waals surface area (Å²) in [5.74, 6) is 0.288. The van der Waals surface area contributed by atoms with Gasteiger partial charge in [0.25, 0.3) is 11.8 Å². The number of imide groups is 1. The van der Waals surface area contributed by atoms with Gasteiger partial charge >= 0.3 is 0 Å². The maximum absolute atomic E-state index is 12.9. The molecule has 2 aromatic rings. The minimum Gasteiger partial charge on any atom is -0.468 e. The summed E-state index contributed by atoms with van der Waals surface area (Å²) < 4.78 is 10.3. The van der Waals surface area contributed by atoms with Gasteiger partial charge < -0.3 is 14.5 Å². The number of nitrogens with one attached hydrogen (secondary N) is 1. The van der Waals surface area contributed by atoms with Crippen molar-refractivity contribution in [2.75, 3.05) is 25.6 Å². The monoisotopic (exact) mass is 400 g/mol. The number of hydrogen-bond donors (Lipinski definition) is 1. The molecule has 1 aliphatic rings. The average molecular weight is 400 g/mol. The molecule has 146 valence electrons. The van der Waals surface area contributed by atoms with Crippen LogP contribution in [0.5, 0.6) is 0 Å². The Morgan fingerprint density at radius 3 is 2.54 bits per heavy atom. The molecule has 3 rings (SSSR count). The Balaban J connectivity index is 1.91. The summed E-state index contributed by atoms with van der Waals surface area (Å²) in [6.07, 6.45) is 1.57. The normalized spacial score (nSPS) is 14.1. The van der Waals surface area contributed by atoms with Crippen molar-refractivity contribution in [3.8, 4) is 0 Å². The molecule has 1 aromatic heterocycles. The summed E-state index contributed by atoms with van der Waals surface area (Å²) in [6.45, 7) is 1.88. The molecule has 0 fully saturated rings. The Bertz CT molecular complexity index is 903. The lowest BCUT2D eigenvalue weighted by atomic mass is 10.1. The number of furan rings is 1. The Morgan fingerprint density at radius 2 is 1.93 bits per heavy atom. The van der Waals surface area contributed by atoms with E-state index in [-0.39, 0.29) is 30.9 Å². The van der Waals surface area contributed by atoms with Crippen LogP contribution in [0, 0.1) is 0 Å². The van der Waals surface area contributed by atoms with E-state index in [1.54, 1.807) is 36.6 Å². The lowest BCUT2D eigenvalue weighted by Crippen LogP contribution is -2.34. The van der Waals surface area contributed by atoms with Gasteiger partial charge in [-0.1, -0.05) is 12.1 Å². The van der Waals surface area contributed by atoms with Gasteiger partial charge in [-0.05, 0) is 29.8 Å². The summed E-state index contributed by atoms with van der Waals surface area (Å²) >= 11 is 1.27. The highest BCUT2D eigenvalue weighted by atomic mass is 32.2. The number of hydrogen-bond acceptors (Lipinski definition) is 6. The highest BCUT2D eigenvalue weighted by Crippen LogP contribution is 2.37. The second-order valence-corrected chi connectivity index (χ2v) is 7.07. The van der Waals surface area contributed by atoms with Gasteiger partial charge in [0.2, 0.25) is 5.91 Å². The van der Waals surface area contributed by atoms with Gasteiger partial charge in [0.1, 0.15) is 5.76 Å². The first-order valence-corrected chi connectivity index (χ1v) is 9.62. The van der Waals surface area contributed by atoms with Gasteiger partial charge in [-0.25, -0.2) is 0 Å². The lowest BCUT2D eigenvalue weighted by molar-refractivity contribution is -0.137.